The number of hydrogen-bond donors (Lipinski definition) is 0. The van der Waals surface area contributed by atoms with E-state index in [2.05, 4.69) is 34.9 Å². The molecule has 2 aromatic carbocycles. The highest BCUT2D eigenvalue weighted by Crippen LogP contribution is 2.22. The van der Waals surface area contributed by atoms with Gasteiger partial charge in [-0.05, 0) is 48.9 Å². The number of anilines is 1. The summed E-state index contributed by atoms with van der Waals surface area (Å²) < 4.78 is 5.63. The van der Waals surface area contributed by atoms with Crippen LogP contribution in [0.15, 0.2) is 48.5 Å². The van der Waals surface area contributed by atoms with Gasteiger partial charge in [-0.25, -0.2) is 0 Å². The third-order valence-corrected chi connectivity index (χ3v) is 5.04. The third-order valence-electron chi connectivity index (χ3n) is 4.31. The molecule has 0 bridgehead atoms. The summed E-state index contributed by atoms with van der Waals surface area (Å²) in [7, 11) is 0. The lowest BCUT2D eigenvalue weighted by Gasteiger charge is -2.37. The standard InChI is InChI=1S/C20H23ClN2OS/c1-2-14-24-19-8-6-16(7-9-19)20(25)23-12-10-22(11-13-23)18-5-3-4-17(21)15-18/h3-9,15H,2,10-14H2,1H3. The summed E-state index contributed by atoms with van der Waals surface area (Å²) in [6.07, 6.45) is 1.01. The van der Waals surface area contributed by atoms with Crippen LogP contribution in [0.1, 0.15) is 18.9 Å². The number of hydrogen-bond acceptors (Lipinski definition) is 3. The van der Waals surface area contributed by atoms with E-state index >= 15 is 0 Å². The number of nitrogens with zero attached hydrogens (tertiary/aromatic N) is 2. The summed E-state index contributed by atoms with van der Waals surface area (Å²) >= 11 is 11.8. The largest absolute Gasteiger partial charge is 0.494 e. The van der Waals surface area contributed by atoms with E-state index in [-0.39, 0.29) is 0 Å². The summed E-state index contributed by atoms with van der Waals surface area (Å²) in [5.74, 6) is 0.902. The number of rotatable bonds is 5. The molecule has 1 aliphatic heterocycles. The van der Waals surface area contributed by atoms with E-state index in [1.54, 1.807) is 0 Å². The van der Waals surface area contributed by atoms with Crippen LogP contribution in [0.2, 0.25) is 5.02 Å². The Labute approximate surface area is 160 Å². The van der Waals surface area contributed by atoms with Gasteiger partial charge >= 0.3 is 0 Å². The summed E-state index contributed by atoms with van der Waals surface area (Å²) in [5, 5.41) is 0.779. The fourth-order valence-corrected chi connectivity index (χ4v) is 3.44. The van der Waals surface area contributed by atoms with Gasteiger partial charge in [0.25, 0.3) is 0 Å². The maximum atomic E-state index is 6.10. The first-order valence-electron chi connectivity index (χ1n) is 8.70. The Morgan fingerprint density at radius 3 is 2.44 bits per heavy atom. The average molecular weight is 375 g/mol. The van der Waals surface area contributed by atoms with Crippen molar-refractivity contribution in [2.45, 2.75) is 13.3 Å². The Morgan fingerprint density at radius 1 is 1.08 bits per heavy atom. The maximum absolute atomic E-state index is 6.10. The van der Waals surface area contributed by atoms with Crippen molar-refractivity contribution in [2.24, 2.45) is 0 Å². The molecule has 2 aromatic rings. The van der Waals surface area contributed by atoms with Gasteiger partial charge in [-0.15, -0.1) is 0 Å². The van der Waals surface area contributed by atoms with Crippen molar-refractivity contribution in [3.05, 3.63) is 59.1 Å². The molecule has 0 aromatic heterocycles. The van der Waals surface area contributed by atoms with Gasteiger partial charge in [0.15, 0.2) is 0 Å². The molecule has 1 heterocycles. The van der Waals surface area contributed by atoms with Crippen LogP contribution in [-0.2, 0) is 0 Å². The van der Waals surface area contributed by atoms with Crippen LogP contribution in [0.3, 0.4) is 0 Å². The molecule has 1 saturated heterocycles. The van der Waals surface area contributed by atoms with Gasteiger partial charge in [0.2, 0.25) is 0 Å². The molecule has 0 radical (unpaired) electrons. The van der Waals surface area contributed by atoms with Crippen LogP contribution in [0.25, 0.3) is 0 Å². The molecule has 0 unspecified atom stereocenters. The second-order valence-electron chi connectivity index (χ2n) is 6.13. The van der Waals surface area contributed by atoms with Gasteiger partial charge in [-0.2, -0.15) is 0 Å². The topological polar surface area (TPSA) is 15.7 Å². The minimum Gasteiger partial charge on any atom is -0.494 e. The number of thiocarbonyl (C=S) groups is 1. The van der Waals surface area contributed by atoms with E-state index in [1.807, 2.05) is 30.3 Å². The number of halogens is 1. The summed E-state index contributed by atoms with van der Waals surface area (Å²) in [5.41, 5.74) is 2.26. The van der Waals surface area contributed by atoms with Gasteiger partial charge in [0.05, 0.1) is 6.61 Å². The zero-order valence-electron chi connectivity index (χ0n) is 14.5. The van der Waals surface area contributed by atoms with Crippen LogP contribution in [0.4, 0.5) is 5.69 Å². The quantitative estimate of drug-likeness (QED) is 0.709. The molecule has 1 aliphatic rings. The average Bonchev–Trinajstić information content (AvgIpc) is 2.66. The van der Waals surface area contributed by atoms with E-state index in [0.29, 0.717) is 0 Å². The Bertz CT molecular complexity index is 712. The molecular formula is C20H23ClN2OS. The Morgan fingerprint density at radius 2 is 1.80 bits per heavy atom. The molecule has 0 aliphatic carbocycles. The second-order valence-corrected chi connectivity index (χ2v) is 6.96. The normalized spacial score (nSPS) is 14.5. The van der Waals surface area contributed by atoms with Gasteiger partial charge in [-0.3, -0.25) is 0 Å². The first-order valence-corrected chi connectivity index (χ1v) is 9.48. The van der Waals surface area contributed by atoms with Crippen molar-refractivity contribution in [1.82, 2.24) is 4.90 Å². The molecule has 0 amide bonds. The predicted molar refractivity (Wildman–Crippen MR) is 109 cm³/mol. The summed E-state index contributed by atoms with van der Waals surface area (Å²) in [4.78, 5) is 5.54. The molecule has 3 rings (SSSR count). The molecule has 0 N–H and O–H groups in total. The zero-order valence-corrected chi connectivity index (χ0v) is 16.0. The molecule has 1 fully saturated rings. The minimum absolute atomic E-state index is 0.745. The SMILES string of the molecule is CCCOc1ccc(C(=S)N2CCN(c3cccc(Cl)c3)CC2)cc1. The molecule has 3 nitrogen and oxygen atoms in total. The van der Waals surface area contributed by atoms with Crippen LogP contribution in [-0.4, -0.2) is 42.7 Å². The Hall–Kier alpha value is -1.78. The highest BCUT2D eigenvalue weighted by molar-refractivity contribution is 7.80. The fourth-order valence-electron chi connectivity index (χ4n) is 2.94. The lowest BCUT2D eigenvalue weighted by atomic mass is 10.1. The maximum Gasteiger partial charge on any atom is 0.119 e. The Kier molecular flexibility index (Phi) is 6.16. The summed E-state index contributed by atoms with van der Waals surface area (Å²) in [6, 6.07) is 16.1. The van der Waals surface area contributed by atoms with Crippen molar-refractivity contribution >= 4 is 34.5 Å². The molecule has 25 heavy (non-hydrogen) atoms. The molecule has 0 atom stereocenters. The second kappa shape index (κ2) is 8.54. The number of piperazine rings is 1. The van der Waals surface area contributed by atoms with E-state index in [1.165, 1.54) is 5.69 Å². The van der Waals surface area contributed by atoms with Crippen LogP contribution in [0.5, 0.6) is 5.75 Å². The zero-order chi connectivity index (χ0) is 17.6. The van der Waals surface area contributed by atoms with Crippen molar-refractivity contribution in [3.63, 3.8) is 0 Å². The highest BCUT2D eigenvalue weighted by atomic mass is 35.5. The highest BCUT2D eigenvalue weighted by Gasteiger charge is 2.20. The van der Waals surface area contributed by atoms with E-state index in [4.69, 9.17) is 28.6 Å². The van der Waals surface area contributed by atoms with Gasteiger partial charge < -0.3 is 14.5 Å². The predicted octanol–water partition coefficient (Wildman–Crippen LogP) is 4.63. The number of benzene rings is 2. The monoisotopic (exact) mass is 374 g/mol. The van der Waals surface area contributed by atoms with Gasteiger partial charge in [-0.1, -0.05) is 36.8 Å². The first kappa shape index (κ1) is 18.0. The lowest BCUT2D eigenvalue weighted by Crippen LogP contribution is -2.48. The number of ether oxygens (including phenoxy) is 1. The van der Waals surface area contributed by atoms with Crippen molar-refractivity contribution in [1.29, 1.82) is 0 Å². The molecule has 0 spiro atoms. The molecule has 0 saturated carbocycles. The lowest BCUT2D eigenvalue weighted by molar-refractivity contribution is 0.317. The fraction of sp³-hybridized carbons (Fsp3) is 0.350. The minimum atomic E-state index is 0.745. The van der Waals surface area contributed by atoms with Crippen molar-refractivity contribution in [2.75, 3.05) is 37.7 Å². The van der Waals surface area contributed by atoms with Crippen molar-refractivity contribution < 1.29 is 4.74 Å². The van der Waals surface area contributed by atoms with Crippen LogP contribution >= 0.6 is 23.8 Å². The van der Waals surface area contributed by atoms with Crippen LogP contribution < -0.4 is 9.64 Å². The van der Waals surface area contributed by atoms with Gasteiger partial charge in [0, 0.05) is 42.5 Å². The van der Waals surface area contributed by atoms with Crippen LogP contribution in [0, 0.1) is 0 Å². The third kappa shape index (κ3) is 4.65. The van der Waals surface area contributed by atoms with Crippen molar-refractivity contribution in [3.8, 4) is 5.75 Å². The molecule has 132 valence electrons. The first-order chi connectivity index (χ1) is 12.2. The molecule has 5 heteroatoms. The van der Waals surface area contributed by atoms with Gasteiger partial charge in [0.1, 0.15) is 10.7 Å². The molecular weight excluding hydrogens is 352 g/mol. The van der Waals surface area contributed by atoms with E-state index < -0.39 is 0 Å². The van der Waals surface area contributed by atoms with E-state index in [9.17, 15) is 0 Å². The van der Waals surface area contributed by atoms with E-state index in [0.717, 1.165) is 60.5 Å². The Balaban J connectivity index is 1.58. The summed E-state index contributed by atoms with van der Waals surface area (Å²) in [6.45, 7) is 6.57. The smallest absolute Gasteiger partial charge is 0.119 e.